The van der Waals surface area contributed by atoms with Gasteiger partial charge in [0.15, 0.2) is 0 Å². The van der Waals surface area contributed by atoms with Gasteiger partial charge in [0.2, 0.25) is 0 Å². The second-order valence-corrected chi connectivity index (χ2v) is 6.72. The Hall–Kier alpha value is -2.62. The standard InChI is InChI=1S/C21H23NO3/c1-14(2)17(15-8-10-16(25-3)11-9-15)12-13-22-20(23)18-6-4-5-7-19(18)21(22)24/h4-11,14,17H,12-13H2,1-3H3. The first kappa shape index (κ1) is 17.2. The van der Waals surface area contributed by atoms with Crippen LogP contribution in [0.25, 0.3) is 0 Å². The highest BCUT2D eigenvalue weighted by molar-refractivity contribution is 6.21. The number of hydrogen-bond donors (Lipinski definition) is 0. The minimum Gasteiger partial charge on any atom is -0.497 e. The molecule has 1 heterocycles. The molecule has 2 aromatic rings. The number of carbonyl (C=O) groups excluding carboxylic acids is 2. The maximum absolute atomic E-state index is 12.5. The van der Waals surface area contributed by atoms with Crippen LogP contribution < -0.4 is 4.74 Å². The first-order valence-electron chi connectivity index (χ1n) is 8.62. The van der Waals surface area contributed by atoms with Crippen LogP contribution in [0.5, 0.6) is 5.75 Å². The molecule has 2 aromatic carbocycles. The van der Waals surface area contributed by atoms with Crippen molar-refractivity contribution in [3.8, 4) is 5.75 Å². The Bertz CT molecular complexity index is 745. The van der Waals surface area contributed by atoms with Gasteiger partial charge in [-0.25, -0.2) is 0 Å². The van der Waals surface area contributed by atoms with Crippen LogP contribution in [0, 0.1) is 5.92 Å². The number of benzene rings is 2. The number of carbonyl (C=O) groups is 2. The fourth-order valence-corrected chi connectivity index (χ4v) is 3.45. The zero-order valence-electron chi connectivity index (χ0n) is 14.9. The van der Waals surface area contributed by atoms with E-state index in [-0.39, 0.29) is 17.7 Å². The number of imide groups is 1. The molecule has 1 aliphatic rings. The molecule has 0 N–H and O–H groups in total. The van der Waals surface area contributed by atoms with Gasteiger partial charge in [0, 0.05) is 6.54 Å². The summed E-state index contributed by atoms with van der Waals surface area (Å²) in [5.41, 5.74) is 2.23. The number of rotatable bonds is 6. The molecular weight excluding hydrogens is 314 g/mol. The third-order valence-corrected chi connectivity index (χ3v) is 4.89. The average Bonchev–Trinajstić information content (AvgIpc) is 2.87. The highest BCUT2D eigenvalue weighted by Gasteiger charge is 2.35. The van der Waals surface area contributed by atoms with E-state index in [2.05, 4.69) is 26.0 Å². The Labute approximate surface area is 148 Å². The van der Waals surface area contributed by atoms with Crippen molar-refractivity contribution in [2.24, 2.45) is 5.92 Å². The van der Waals surface area contributed by atoms with Gasteiger partial charge in [-0.05, 0) is 48.1 Å². The molecular formula is C21H23NO3. The van der Waals surface area contributed by atoms with Crippen LogP contribution in [-0.4, -0.2) is 30.4 Å². The second-order valence-electron chi connectivity index (χ2n) is 6.72. The van der Waals surface area contributed by atoms with Crippen LogP contribution in [0.3, 0.4) is 0 Å². The van der Waals surface area contributed by atoms with E-state index in [1.165, 1.54) is 10.5 Å². The van der Waals surface area contributed by atoms with Crippen LogP contribution in [0.4, 0.5) is 0 Å². The third-order valence-electron chi connectivity index (χ3n) is 4.89. The summed E-state index contributed by atoms with van der Waals surface area (Å²) in [6.45, 7) is 4.76. The largest absolute Gasteiger partial charge is 0.497 e. The van der Waals surface area contributed by atoms with Gasteiger partial charge >= 0.3 is 0 Å². The summed E-state index contributed by atoms with van der Waals surface area (Å²) in [6, 6.07) is 15.1. The van der Waals surface area contributed by atoms with Gasteiger partial charge in [-0.3, -0.25) is 14.5 Å². The Morgan fingerprint density at radius 2 is 1.48 bits per heavy atom. The molecule has 130 valence electrons. The molecule has 4 heteroatoms. The minimum absolute atomic E-state index is 0.183. The maximum Gasteiger partial charge on any atom is 0.261 e. The SMILES string of the molecule is COc1ccc(C(CCN2C(=O)c3ccccc3C2=O)C(C)C)cc1. The Morgan fingerprint density at radius 3 is 1.96 bits per heavy atom. The molecule has 0 radical (unpaired) electrons. The van der Waals surface area contributed by atoms with Crippen molar-refractivity contribution in [3.05, 3.63) is 65.2 Å². The molecule has 1 atom stereocenters. The number of methoxy groups -OCH3 is 1. The van der Waals surface area contributed by atoms with Gasteiger partial charge in [-0.2, -0.15) is 0 Å². The van der Waals surface area contributed by atoms with Crippen molar-refractivity contribution in [2.45, 2.75) is 26.2 Å². The summed E-state index contributed by atoms with van der Waals surface area (Å²) in [6.07, 6.45) is 0.746. The van der Waals surface area contributed by atoms with Crippen molar-refractivity contribution < 1.29 is 14.3 Å². The molecule has 2 amide bonds. The predicted molar refractivity (Wildman–Crippen MR) is 97.0 cm³/mol. The number of nitrogens with zero attached hydrogens (tertiary/aromatic N) is 1. The Morgan fingerprint density at radius 1 is 0.920 bits per heavy atom. The molecule has 0 bridgehead atoms. The monoisotopic (exact) mass is 337 g/mol. The van der Waals surface area contributed by atoms with Crippen molar-refractivity contribution in [3.63, 3.8) is 0 Å². The summed E-state index contributed by atoms with van der Waals surface area (Å²) in [7, 11) is 1.65. The fraction of sp³-hybridized carbons (Fsp3) is 0.333. The second kappa shape index (κ2) is 7.09. The lowest BCUT2D eigenvalue weighted by Crippen LogP contribution is -2.32. The van der Waals surface area contributed by atoms with E-state index >= 15 is 0 Å². The van der Waals surface area contributed by atoms with E-state index < -0.39 is 0 Å². The van der Waals surface area contributed by atoms with E-state index in [4.69, 9.17) is 4.74 Å². The zero-order valence-corrected chi connectivity index (χ0v) is 14.9. The molecule has 0 aromatic heterocycles. The molecule has 3 rings (SSSR count). The summed E-state index contributed by atoms with van der Waals surface area (Å²) >= 11 is 0. The van der Waals surface area contributed by atoms with E-state index in [0.717, 1.165) is 12.2 Å². The quantitative estimate of drug-likeness (QED) is 0.745. The average molecular weight is 337 g/mol. The maximum atomic E-state index is 12.5. The highest BCUT2D eigenvalue weighted by atomic mass is 16.5. The molecule has 0 aliphatic carbocycles. The molecule has 0 spiro atoms. The van der Waals surface area contributed by atoms with Crippen molar-refractivity contribution in [2.75, 3.05) is 13.7 Å². The molecule has 4 nitrogen and oxygen atoms in total. The molecule has 1 aliphatic heterocycles. The van der Waals surface area contributed by atoms with E-state index in [9.17, 15) is 9.59 Å². The van der Waals surface area contributed by atoms with Crippen molar-refractivity contribution in [1.29, 1.82) is 0 Å². The van der Waals surface area contributed by atoms with E-state index in [1.54, 1.807) is 31.4 Å². The number of amides is 2. The lowest BCUT2D eigenvalue weighted by atomic mass is 9.85. The molecule has 0 saturated carbocycles. The first-order chi connectivity index (χ1) is 12.0. The molecule has 25 heavy (non-hydrogen) atoms. The lowest BCUT2D eigenvalue weighted by molar-refractivity contribution is 0.0647. The van der Waals surface area contributed by atoms with Crippen molar-refractivity contribution in [1.82, 2.24) is 4.90 Å². The van der Waals surface area contributed by atoms with Gasteiger partial charge in [0.1, 0.15) is 5.75 Å². The van der Waals surface area contributed by atoms with Crippen LogP contribution in [-0.2, 0) is 0 Å². The molecule has 0 saturated heterocycles. The summed E-state index contributed by atoms with van der Waals surface area (Å²) in [5, 5.41) is 0. The normalized spacial score (nSPS) is 14.8. The molecule has 1 unspecified atom stereocenters. The van der Waals surface area contributed by atoms with Gasteiger partial charge in [-0.1, -0.05) is 38.1 Å². The number of hydrogen-bond acceptors (Lipinski definition) is 3. The summed E-state index contributed by atoms with van der Waals surface area (Å²) in [4.78, 5) is 26.4. The van der Waals surface area contributed by atoms with Crippen LogP contribution in [0.2, 0.25) is 0 Å². The van der Waals surface area contributed by atoms with Crippen LogP contribution >= 0.6 is 0 Å². The van der Waals surface area contributed by atoms with Gasteiger partial charge in [0.05, 0.1) is 18.2 Å². The Kier molecular flexibility index (Phi) is 4.88. The minimum atomic E-state index is -0.183. The first-order valence-corrected chi connectivity index (χ1v) is 8.62. The number of fused-ring (bicyclic) bond motifs is 1. The summed E-state index contributed by atoms with van der Waals surface area (Å²) in [5.74, 6) is 1.14. The van der Waals surface area contributed by atoms with Crippen LogP contribution in [0.15, 0.2) is 48.5 Å². The smallest absolute Gasteiger partial charge is 0.261 e. The van der Waals surface area contributed by atoms with E-state index in [0.29, 0.717) is 23.6 Å². The van der Waals surface area contributed by atoms with Gasteiger partial charge < -0.3 is 4.74 Å². The lowest BCUT2D eigenvalue weighted by Gasteiger charge is -2.24. The Balaban J connectivity index is 1.74. The fourth-order valence-electron chi connectivity index (χ4n) is 3.45. The van der Waals surface area contributed by atoms with E-state index in [1.807, 2.05) is 12.1 Å². The highest BCUT2D eigenvalue weighted by Crippen LogP contribution is 2.31. The number of ether oxygens (including phenoxy) is 1. The van der Waals surface area contributed by atoms with Crippen molar-refractivity contribution >= 4 is 11.8 Å². The predicted octanol–water partition coefficient (Wildman–Crippen LogP) is 4.12. The zero-order chi connectivity index (χ0) is 18.0. The summed E-state index contributed by atoms with van der Waals surface area (Å²) < 4.78 is 5.22. The van der Waals surface area contributed by atoms with Crippen LogP contribution in [0.1, 0.15) is 52.5 Å². The third kappa shape index (κ3) is 3.29. The van der Waals surface area contributed by atoms with Gasteiger partial charge in [0.25, 0.3) is 11.8 Å². The molecule has 0 fully saturated rings. The van der Waals surface area contributed by atoms with Gasteiger partial charge in [-0.15, -0.1) is 0 Å². The topological polar surface area (TPSA) is 46.6 Å².